The van der Waals surface area contributed by atoms with Gasteiger partial charge in [0.25, 0.3) is 0 Å². The molecule has 0 spiro atoms. The van der Waals surface area contributed by atoms with Gasteiger partial charge in [-0.05, 0) is 5.53 Å². The normalized spacial score (nSPS) is 37.9. The fourth-order valence-electron chi connectivity index (χ4n) is 2.73. The molecule has 0 radical (unpaired) electrons. The molecule has 2 aliphatic rings. The molecule has 118 valence electrons. The Labute approximate surface area is 127 Å². The topological polar surface area (TPSA) is 106 Å². The number of methoxy groups -OCH3 is 1. The molecule has 1 aromatic rings. The van der Waals surface area contributed by atoms with E-state index < -0.39 is 36.9 Å². The lowest BCUT2D eigenvalue weighted by atomic mass is 9.96. The van der Waals surface area contributed by atoms with Crippen molar-refractivity contribution < 1.29 is 24.1 Å². The number of aliphatic hydroxyl groups excluding tert-OH is 1. The standard InChI is InChI=1S/C14H17N3O5/c1-19-14-10(16-17-15)11(18)12-9(21-14)7-20-13(22-12)8-5-3-2-4-6-8/h2-6,9-14,18H,7H2,1H3/t9-,10+,11-,12-,13?,14+/m1/s1. The summed E-state index contributed by atoms with van der Waals surface area (Å²) in [6.45, 7) is 0.254. The largest absolute Gasteiger partial charge is 0.390 e. The van der Waals surface area contributed by atoms with E-state index in [1.165, 1.54) is 7.11 Å². The van der Waals surface area contributed by atoms with Crippen LogP contribution >= 0.6 is 0 Å². The Balaban J connectivity index is 1.79. The Morgan fingerprint density at radius 3 is 2.77 bits per heavy atom. The Kier molecular flexibility index (Phi) is 4.58. The summed E-state index contributed by atoms with van der Waals surface area (Å²) in [5, 5.41) is 14.0. The van der Waals surface area contributed by atoms with Crippen molar-refractivity contribution >= 4 is 0 Å². The molecule has 0 saturated carbocycles. The third-order valence-electron chi connectivity index (χ3n) is 3.82. The van der Waals surface area contributed by atoms with Crippen LogP contribution in [-0.2, 0) is 18.9 Å². The van der Waals surface area contributed by atoms with E-state index in [4.69, 9.17) is 24.5 Å². The lowest BCUT2D eigenvalue weighted by Gasteiger charge is -2.46. The van der Waals surface area contributed by atoms with Gasteiger partial charge >= 0.3 is 0 Å². The van der Waals surface area contributed by atoms with Crippen LogP contribution in [0.4, 0.5) is 0 Å². The van der Waals surface area contributed by atoms with Crippen LogP contribution in [0.5, 0.6) is 0 Å². The van der Waals surface area contributed by atoms with Crippen molar-refractivity contribution in [2.45, 2.75) is 36.9 Å². The number of azide groups is 1. The summed E-state index contributed by atoms with van der Waals surface area (Å²) in [6, 6.07) is 8.55. The first-order valence-corrected chi connectivity index (χ1v) is 6.97. The quantitative estimate of drug-likeness (QED) is 0.517. The van der Waals surface area contributed by atoms with E-state index in [1.807, 2.05) is 30.3 Å². The lowest BCUT2D eigenvalue weighted by Crippen LogP contribution is -2.61. The zero-order chi connectivity index (χ0) is 15.5. The first kappa shape index (κ1) is 15.2. The highest BCUT2D eigenvalue weighted by atomic mass is 16.7. The summed E-state index contributed by atoms with van der Waals surface area (Å²) in [4.78, 5) is 2.74. The zero-order valence-corrected chi connectivity index (χ0v) is 12.0. The molecule has 2 saturated heterocycles. The fraction of sp³-hybridized carbons (Fsp3) is 0.571. The molecule has 1 unspecified atom stereocenters. The molecule has 1 aromatic carbocycles. The summed E-state index contributed by atoms with van der Waals surface area (Å²) >= 11 is 0. The number of rotatable bonds is 3. The molecule has 1 N–H and O–H groups in total. The highest BCUT2D eigenvalue weighted by molar-refractivity contribution is 5.16. The van der Waals surface area contributed by atoms with E-state index in [0.717, 1.165) is 5.56 Å². The molecule has 2 aliphatic heterocycles. The third kappa shape index (κ3) is 2.80. The fourth-order valence-corrected chi connectivity index (χ4v) is 2.73. The van der Waals surface area contributed by atoms with Gasteiger partial charge in [-0.3, -0.25) is 0 Å². The molecule has 0 aromatic heterocycles. The summed E-state index contributed by atoms with van der Waals surface area (Å²) in [5.74, 6) is 0. The molecule has 22 heavy (non-hydrogen) atoms. The van der Waals surface area contributed by atoms with Gasteiger partial charge in [0.15, 0.2) is 12.6 Å². The molecule has 0 aliphatic carbocycles. The van der Waals surface area contributed by atoms with Crippen LogP contribution in [0.15, 0.2) is 35.4 Å². The van der Waals surface area contributed by atoms with Gasteiger partial charge in [0.05, 0.1) is 12.7 Å². The molecule has 2 fully saturated rings. The molecule has 0 amide bonds. The molecular formula is C14H17N3O5. The van der Waals surface area contributed by atoms with Crippen molar-refractivity contribution in [1.29, 1.82) is 0 Å². The molecule has 2 heterocycles. The maximum Gasteiger partial charge on any atom is 0.184 e. The van der Waals surface area contributed by atoms with E-state index >= 15 is 0 Å². The lowest BCUT2D eigenvalue weighted by molar-refractivity contribution is -0.338. The predicted octanol–water partition coefficient (Wildman–Crippen LogP) is 1.51. The third-order valence-corrected chi connectivity index (χ3v) is 3.82. The second-order valence-electron chi connectivity index (χ2n) is 5.14. The summed E-state index contributed by atoms with van der Waals surface area (Å²) in [5.41, 5.74) is 9.50. The second kappa shape index (κ2) is 6.62. The van der Waals surface area contributed by atoms with Gasteiger partial charge in [0.2, 0.25) is 0 Å². The highest BCUT2D eigenvalue weighted by Gasteiger charge is 2.49. The van der Waals surface area contributed by atoms with Crippen LogP contribution in [0.25, 0.3) is 10.4 Å². The minimum atomic E-state index is -1.03. The van der Waals surface area contributed by atoms with Crippen LogP contribution in [-0.4, -0.2) is 49.5 Å². The van der Waals surface area contributed by atoms with Gasteiger partial charge in [-0.1, -0.05) is 35.4 Å². The number of nitrogens with zero attached hydrogens (tertiary/aromatic N) is 3. The van der Waals surface area contributed by atoms with E-state index in [1.54, 1.807) is 0 Å². The first-order valence-electron chi connectivity index (χ1n) is 6.97. The minimum absolute atomic E-state index is 0.254. The molecular weight excluding hydrogens is 290 g/mol. The summed E-state index contributed by atoms with van der Waals surface area (Å²) in [6.07, 6.45) is -3.58. The van der Waals surface area contributed by atoms with Crippen molar-refractivity contribution in [1.82, 2.24) is 0 Å². The summed E-state index contributed by atoms with van der Waals surface area (Å²) in [7, 11) is 1.43. The molecule has 0 bridgehead atoms. The number of ether oxygens (including phenoxy) is 4. The Bertz CT molecular complexity index is 551. The van der Waals surface area contributed by atoms with Gasteiger partial charge in [0.1, 0.15) is 18.2 Å². The van der Waals surface area contributed by atoms with Crippen molar-refractivity contribution in [3.8, 4) is 0 Å². The van der Waals surface area contributed by atoms with Crippen LogP contribution < -0.4 is 0 Å². The summed E-state index contributed by atoms with van der Waals surface area (Å²) < 4.78 is 22.3. The predicted molar refractivity (Wildman–Crippen MR) is 74.6 cm³/mol. The van der Waals surface area contributed by atoms with Gasteiger partial charge in [0, 0.05) is 17.6 Å². The number of aliphatic hydroxyl groups is 1. The number of fused-ring (bicyclic) bond motifs is 1. The number of hydrogen-bond acceptors (Lipinski definition) is 6. The average molecular weight is 307 g/mol. The maximum atomic E-state index is 10.5. The molecule has 3 rings (SSSR count). The van der Waals surface area contributed by atoms with Crippen LogP contribution in [0.1, 0.15) is 11.9 Å². The Morgan fingerprint density at radius 1 is 1.32 bits per heavy atom. The van der Waals surface area contributed by atoms with E-state index in [-0.39, 0.29) is 6.61 Å². The average Bonchev–Trinajstić information content (AvgIpc) is 2.58. The second-order valence-corrected chi connectivity index (χ2v) is 5.14. The van der Waals surface area contributed by atoms with Crippen LogP contribution in [0, 0.1) is 0 Å². The van der Waals surface area contributed by atoms with Gasteiger partial charge < -0.3 is 24.1 Å². The van der Waals surface area contributed by atoms with E-state index in [0.29, 0.717) is 0 Å². The van der Waals surface area contributed by atoms with Gasteiger partial charge in [-0.2, -0.15) is 0 Å². The zero-order valence-electron chi connectivity index (χ0n) is 12.0. The van der Waals surface area contributed by atoms with Gasteiger partial charge in [-0.25, -0.2) is 0 Å². The van der Waals surface area contributed by atoms with E-state index in [9.17, 15) is 5.11 Å². The number of hydrogen-bond donors (Lipinski definition) is 1. The molecule has 6 atom stereocenters. The minimum Gasteiger partial charge on any atom is -0.390 e. The van der Waals surface area contributed by atoms with Crippen molar-refractivity contribution in [2.24, 2.45) is 5.11 Å². The van der Waals surface area contributed by atoms with Crippen molar-refractivity contribution in [2.75, 3.05) is 13.7 Å². The van der Waals surface area contributed by atoms with Crippen LogP contribution in [0.2, 0.25) is 0 Å². The smallest absolute Gasteiger partial charge is 0.184 e. The highest BCUT2D eigenvalue weighted by Crippen LogP contribution is 2.35. The first-order chi connectivity index (χ1) is 10.7. The number of benzene rings is 1. The van der Waals surface area contributed by atoms with Crippen molar-refractivity contribution in [3.63, 3.8) is 0 Å². The van der Waals surface area contributed by atoms with Gasteiger partial charge in [-0.15, -0.1) is 0 Å². The Morgan fingerprint density at radius 2 is 2.09 bits per heavy atom. The van der Waals surface area contributed by atoms with E-state index in [2.05, 4.69) is 10.0 Å². The van der Waals surface area contributed by atoms with Crippen LogP contribution in [0.3, 0.4) is 0 Å². The monoisotopic (exact) mass is 307 g/mol. The molecule has 8 heteroatoms. The van der Waals surface area contributed by atoms with Crippen molar-refractivity contribution in [3.05, 3.63) is 46.3 Å². The SMILES string of the molecule is CO[C@H]1O[C@@H]2COC(c3ccccc3)O[C@H]2[C@H](O)[C@@H]1N=[N+]=[N-]. The molecule has 8 nitrogen and oxygen atoms in total. The maximum absolute atomic E-state index is 10.5. The Hall–Kier alpha value is -1.67.